The first kappa shape index (κ1) is 16.4. The summed E-state index contributed by atoms with van der Waals surface area (Å²) in [6.07, 6.45) is 0. The number of esters is 1. The van der Waals surface area contributed by atoms with Crippen LogP contribution in [0, 0.1) is 11.6 Å². The van der Waals surface area contributed by atoms with Gasteiger partial charge in [-0.05, 0) is 37.3 Å². The molecular weight excluding hydrogens is 308 g/mol. The average molecular weight is 321 g/mol. The summed E-state index contributed by atoms with van der Waals surface area (Å²) in [5.74, 6) is -4.17. The van der Waals surface area contributed by atoms with E-state index in [0.717, 1.165) is 24.3 Å². The van der Waals surface area contributed by atoms with Crippen molar-refractivity contribution < 1.29 is 28.2 Å². The van der Waals surface area contributed by atoms with Crippen LogP contribution in [-0.2, 0) is 4.74 Å². The molecule has 7 heteroatoms. The molecule has 2 aromatic carbocycles. The summed E-state index contributed by atoms with van der Waals surface area (Å²) in [5, 5.41) is 12.0. The minimum Gasteiger partial charge on any atom is -0.506 e. The number of carbonyl (C=O) groups excluding carboxylic acids is 2. The molecule has 0 saturated heterocycles. The first-order valence-electron chi connectivity index (χ1n) is 6.69. The lowest BCUT2D eigenvalue weighted by Gasteiger charge is -2.10. The van der Waals surface area contributed by atoms with Gasteiger partial charge in [-0.3, -0.25) is 4.79 Å². The Kier molecular flexibility index (Phi) is 4.90. The van der Waals surface area contributed by atoms with Gasteiger partial charge in [0.15, 0.2) is 0 Å². The maximum absolute atomic E-state index is 13.5. The van der Waals surface area contributed by atoms with Crippen molar-refractivity contribution >= 4 is 17.6 Å². The Morgan fingerprint density at radius 1 is 1.17 bits per heavy atom. The molecule has 23 heavy (non-hydrogen) atoms. The van der Waals surface area contributed by atoms with Crippen LogP contribution in [0.25, 0.3) is 0 Å². The van der Waals surface area contributed by atoms with E-state index in [0.29, 0.717) is 0 Å². The van der Waals surface area contributed by atoms with Gasteiger partial charge in [-0.1, -0.05) is 6.07 Å². The quantitative estimate of drug-likeness (QED) is 0.670. The number of amides is 1. The maximum atomic E-state index is 13.5. The SMILES string of the molecule is CCOC(=O)c1ccc(NC(=O)c2c(F)cccc2F)c(O)c1. The summed E-state index contributed by atoms with van der Waals surface area (Å²) in [4.78, 5) is 23.5. The number of nitrogens with one attached hydrogen (secondary N) is 1. The number of anilines is 1. The Morgan fingerprint density at radius 3 is 2.39 bits per heavy atom. The number of phenols is 1. The minimum absolute atomic E-state index is 0.0828. The molecule has 0 saturated carbocycles. The molecule has 2 aromatic rings. The predicted octanol–water partition coefficient (Wildman–Crippen LogP) is 3.10. The normalized spacial score (nSPS) is 10.2. The number of hydrogen-bond donors (Lipinski definition) is 2. The third kappa shape index (κ3) is 3.63. The molecule has 5 nitrogen and oxygen atoms in total. The second kappa shape index (κ2) is 6.87. The summed E-state index contributed by atoms with van der Waals surface area (Å²) in [5.41, 5.74) is -0.772. The zero-order chi connectivity index (χ0) is 17.0. The zero-order valence-electron chi connectivity index (χ0n) is 12.1. The fourth-order valence-electron chi connectivity index (χ4n) is 1.88. The molecule has 0 aliphatic rings. The van der Waals surface area contributed by atoms with Crippen LogP contribution in [0.3, 0.4) is 0 Å². The van der Waals surface area contributed by atoms with Crippen LogP contribution in [-0.4, -0.2) is 23.6 Å². The van der Waals surface area contributed by atoms with Gasteiger partial charge in [0.25, 0.3) is 5.91 Å². The highest BCUT2D eigenvalue weighted by molar-refractivity contribution is 6.05. The maximum Gasteiger partial charge on any atom is 0.338 e. The number of hydrogen-bond acceptors (Lipinski definition) is 4. The topological polar surface area (TPSA) is 75.6 Å². The summed E-state index contributed by atoms with van der Waals surface area (Å²) in [6, 6.07) is 6.66. The highest BCUT2D eigenvalue weighted by Gasteiger charge is 2.19. The van der Waals surface area contributed by atoms with Crippen molar-refractivity contribution in [2.45, 2.75) is 6.92 Å². The third-order valence-electron chi connectivity index (χ3n) is 2.95. The van der Waals surface area contributed by atoms with Gasteiger partial charge in [0.2, 0.25) is 0 Å². The molecule has 0 atom stereocenters. The molecule has 120 valence electrons. The molecule has 0 fully saturated rings. The van der Waals surface area contributed by atoms with Crippen LogP contribution >= 0.6 is 0 Å². The van der Waals surface area contributed by atoms with Crippen molar-refractivity contribution in [3.05, 3.63) is 59.2 Å². The number of benzene rings is 2. The Hall–Kier alpha value is -2.96. The fraction of sp³-hybridized carbons (Fsp3) is 0.125. The fourth-order valence-corrected chi connectivity index (χ4v) is 1.88. The van der Waals surface area contributed by atoms with Crippen LogP contribution in [0.2, 0.25) is 0 Å². The largest absolute Gasteiger partial charge is 0.506 e. The summed E-state index contributed by atoms with van der Waals surface area (Å²) >= 11 is 0. The first-order chi connectivity index (χ1) is 10.9. The van der Waals surface area contributed by atoms with Gasteiger partial charge in [-0.15, -0.1) is 0 Å². The van der Waals surface area contributed by atoms with Crippen LogP contribution < -0.4 is 5.32 Å². The second-order valence-corrected chi connectivity index (χ2v) is 4.50. The van der Waals surface area contributed by atoms with E-state index in [9.17, 15) is 23.5 Å². The van der Waals surface area contributed by atoms with Gasteiger partial charge in [-0.25, -0.2) is 13.6 Å². The van der Waals surface area contributed by atoms with Gasteiger partial charge in [0, 0.05) is 0 Å². The molecule has 1 amide bonds. The Balaban J connectivity index is 2.24. The lowest BCUT2D eigenvalue weighted by Crippen LogP contribution is -2.16. The van der Waals surface area contributed by atoms with E-state index in [-0.39, 0.29) is 17.9 Å². The van der Waals surface area contributed by atoms with Crippen LogP contribution in [0.4, 0.5) is 14.5 Å². The number of phenolic OH excluding ortho intramolecular Hbond substituents is 1. The average Bonchev–Trinajstić information content (AvgIpc) is 2.49. The number of rotatable bonds is 4. The summed E-state index contributed by atoms with van der Waals surface area (Å²) in [7, 11) is 0. The molecular formula is C16H13F2NO4. The smallest absolute Gasteiger partial charge is 0.338 e. The molecule has 0 unspecified atom stereocenters. The Morgan fingerprint density at radius 2 is 1.83 bits per heavy atom. The highest BCUT2D eigenvalue weighted by Crippen LogP contribution is 2.26. The zero-order valence-corrected chi connectivity index (χ0v) is 12.1. The monoisotopic (exact) mass is 321 g/mol. The second-order valence-electron chi connectivity index (χ2n) is 4.50. The van der Waals surface area contributed by atoms with E-state index < -0.39 is 34.8 Å². The van der Waals surface area contributed by atoms with E-state index in [2.05, 4.69) is 5.32 Å². The molecule has 2 rings (SSSR count). The molecule has 2 N–H and O–H groups in total. The minimum atomic E-state index is -1.06. The van der Waals surface area contributed by atoms with Gasteiger partial charge in [0.1, 0.15) is 22.9 Å². The molecule has 0 spiro atoms. The summed E-state index contributed by atoms with van der Waals surface area (Å²) in [6.45, 7) is 1.81. The predicted molar refractivity (Wildman–Crippen MR) is 78.4 cm³/mol. The Bertz CT molecular complexity index is 741. The van der Waals surface area contributed by atoms with Crippen LogP contribution in [0.1, 0.15) is 27.6 Å². The van der Waals surface area contributed by atoms with Crippen LogP contribution in [0.5, 0.6) is 5.75 Å². The van der Waals surface area contributed by atoms with E-state index >= 15 is 0 Å². The number of ether oxygens (including phenoxy) is 1. The first-order valence-corrected chi connectivity index (χ1v) is 6.69. The summed E-state index contributed by atoms with van der Waals surface area (Å²) < 4.78 is 31.8. The molecule has 0 aromatic heterocycles. The third-order valence-corrected chi connectivity index (χ3v) is 2.95. The molecule has 0 aliphatic heterocycles. The molecule has 0 heterocycles. The number of halogens is 2. The van der Waals surface area contributed by atoms with Crippen molar-refractivity contribution in [3.63, 3.8) is 0 Å². The Labute approximate surface area is 130 Å². The van der Waals surface area contributed by atoms with Crippen molar-refractivity contribution in [1.29, 1.82) is 0 Å². The lowest BCUT2D eigenvalue weighted by molar-refractivity contribution is 0.0526. The van der Waals surface area contributed by atoms with E-state index in [1.54, 1.807) is 6.92 Å². The highest BCUT2D eigenvalue weighted by atomic mass is 19.1. The van der Waals surface area contributed by atoms with Gasteiger partial charge in [-0.2, -0.15) is 0 Å². The number of carbonyl (C=O) groups is 2. The van der Waals surface area contributed by atoms with E-state index in [1.807, 2.05) is 0 Å². The standard InChI is InChI=1S/C16H13F2NO4/c1-2-23-16(22)9-6-7-12(13(20)8-9)19-15(21)14-10(17)4-3-5-11(14)18/h3-8,20H,2H2,1H3,(H,19,21). The molecule has 0 aliphatic carbocycles. The van der Waals surface area contributed by atoms with Crippen molar-refractivity contribution in [2.24, 2.45) is 0 Å². The van der Waals surface area contributed by atoms with E-state index in [1.165, 1.54) is 12.1 Å². The molecule has 0 bridgehead atoms. The van der Waals surface area contributed by atoms with E-state index in [4.69, 9.17) is 4.74 Å². The van der Waals surface area contributed by atoms with Crippen molar-refractivity contribution in [3.8, 4) is 5.75 Å². The van der Waals surface area contributed by atoms with Gasteiger partial charge >= 0.3 is 5.97 Å². The van der Waals surface area contributed by atoms with Crippen LogP contribution in [0.15, 0.2) is 36.4 Å². The lowest BCUT2D eigenvalue weighted by atomic mass is 10.1. The van der Waals surface area contributed by atoms with Crippen molar-refractivity contribution in [2.75, 3.05) is 11.9 Å². The van der Waals surface area contributed by atoms with Gasteiger partial charge in [0.05, 0.1) is 17.9 Å². The molecule has 0 radical (unpaired) electrons. The number of aromatic hydroxyl groups is 1. The van der Waals surface area contributed by atoms with Crippen molar-refractivity contribution in [1.82, 2.24) is 0 Å². The van der Waals surface area contributed by atoms with Gasteiger partial charge < -0.3 is 15.2 Å².